The third-order valence-corrected chi connectivity index (χ3v) is 10.6. The number of likely N-dealkylation sites (tertiary alicyclic amines) is 1. The lowest BCUT2D eigenvalue weighted by molar-refractivity contribution is 0.187. The summed E-state index contributed by atoms with van der Waals surface area (Å²) in [4.78, 5) is 26.5. The Bertz CT molecular complexity index is 1930. The average molecular weight is 671 g/mol. The minimum absolute atomic E-state index is 0.0311. The van der Waals surface area contributed by atoms with E-state index in [1.807, 2.05) is 24.3 Å². The minimum Gasteiger partial charge on any atom is -0.496 e. The summed E-state index contributed by atoms with van der Waals surface area (Å²) in [6.45, 7) is 7.29. The Morgan fingerprint density at radius 3 is 2.66 bits per heavy atom. The van der Waals surface area contributed by atoms with Crippen LogP contribution in [0.15, 0.2) is 70.6 Å². The second-order valence-electron chi connectivity index (χ2n) is 13.7. The Morgan fingerprint density at radius 2 is 1.84 bits per heavy atom. The number of para-hydroxylation sites is 1. The molecular weight excluding hydrogens is 624 g/mol. The molecule has 4 heterocycles. The van der Waals surface area contributed by atoms with E-state index in [-0.39, 0.29) is 12.0 Å². The van der Waals surface area contributed by atoms with Gasteiger partial charge in [-0.1, -0.05) is 48.5 Å². The van der Waals surface area contributed by atoms with Gasteiger partial charge in [0.1, 0.15) is 18.2 Å². The molecule has 3 aromatic carbocycles. The van der Waals surface area contributed by atoms with Crippen LogP contribution in [-0.2, 0) is 19.5 Å². The molecule has 0 radical (unpaired) electrons. The number of fused-ring (bicyclic) bond motifs is 2. The topological polar surface area (TPSA) is 102 Å². The highest BCUT2D eigenvalue weighted by atomic mass is 16.5. The van der Waals surface area contributed by atoms with Gasteiger partial charge in [0.05, 0.1) is 44.0 Å². The first-order valence-corrected chi connectivity index (χ1v) is 17.8. The van der Waals surface area contributed by atoms with E-state index in [9.17, 15) is 5.26 Å². The molecule has 2 saturated heterocycles. The summed E-state index contributed by atoms with van der Waals surface area (Å²) in [6, 6.07) is 27.0. The summed E-state index contributed by atoms with van der Waals surface area (Å²) in [5, 5.41) is 12.4. The zero-order chi connectivity index (χ0) is 34.5. The van der Waals surface area contributed by atoms with Crippen LogP contribution in [0.5, 0.6) is 11.8 Å². The first kappa shape index (κ1) is 33.5. The molecule has 0 saturated carbocycles. The molecule has 3 atom stereocenters. The summed E-state index contributed by atoms with van der Waals surface area (Å²) < 4.78 is 11.8. The smallest absolute Gasteiger partial charge is 0.318 e. The van der Waals surface area contributed by atoms with E-state index in [4.69, 9.17) is 24.4 Å². The molecule has 0 spiro atoms. The van der Waals surface area contributed by atoms with Crippen molar-refractivity contribution in [2.75, 3.05) is 56.7 Å². The van der Waals surface area contributed by atoms with Crippen molar-refractivity contribution >= 4 is 28.3 Å². The predicted molar refractivity (Wildman–Crippen MR) is 198 cm³/mol. The standard InChI is InChI=1S/C40H46N8O2/c1-28-9-6-11-29-12-7-14-36(38(28)29)47-21-17-33-35(25-47)44-40(50-26-32-13-8-20-46(32)2)45-39(33)48-22-18-34(31(24-48)16-19-41)43-27-42-23-30-10-4-5-15-37(30)49-3/h4-7,9-12,14-15,31-32,34H,8,13,16-18,20-26H2,1-3H3/t31-,32?,34+/m0/s1. The van der Waals surface area contributed by atoms with Crippen molar-refractivity contribution in [3.05, 3.63) is 83.0 Å². The number of aromatic nitrogens is 2. The van der Waals surface area contributed by atoms with E-state index in [1.54, 1.807) is 7.11 Å². The number of ether oxygens (including phenoxy) is 2. The van der Waals surface area contributed by atoms with Crippen molar-refractivity contribution in [2.24, 2.45) is 15.9 Å². The molecule has 10 nitrogen and oxygen atoms in total. The summed E-state index contributed by atoms with van der Waals surface area (Å²) in [7, 11) is 3.83. The average Bonchev–Trinajstić information content (AvgIpc) is 3.56. The number of aliphatic imine (C=N–C) groups is 2. The van der Waals surface area contributed by atoms with Gasteiger partial charge >= 0.3 is 6.01 Å². The number of anilines is 2. The monoisotopic (exact) mass is 670 g/mol. The second kappa shape index (κ2) is 15.3. The number of nitriles is 1. The van der Waals surface area contributed by atoms with Crippen LogP contribution >= 0.6 is 0 Å². The Kier molecular flexibility index (Phi) is 10.2. The summed E-state index contributed by atoms with van der Waals surface area (Å²) in [5.41, 5.74) is 5.69. The van der Waals surface area contributed by atoms with Crippen LogP contribution in [0.3, 0.4) is 0 Å². The molecule has 1 aromatic heterocycles. The summed E-state index contributed by atoms with van der Waals surface area (Å²) in [5.74, 6) is 1.77. The number of aryl methyl sites for hydroxylation is 1. The van der Waals surface area contributed by atoms with Gasteiger partial charge in [0.2, 0.25) is 0 Å². The SMILES string of the molecule is COc1ccccc1CN=C=N[C@@H]1CCN(c2nc(OCC3CCCN3C)nc3c2CCN(c2cccc4cccc(C)c24)C3)C[C@@H]1CC#N. The van der Waals surface area contributed by atoms with E-state index < -0.39 is 0 Å². The van der Waals surface area contributed by atoms with Gasteiger partial charge in [0.15, 0.2) is 0 Å². The highest BCUT2D eigenvalue weighted by molar-refractivity contribution is 5.97. The molecule has 0 N–H and O–H groups in total. The van der Waals surface area contributed by atoms with Gasteiger partial charge < -0.3 is 24.2 Å². The van der Waals surface area contributed by atoms with Crippen molar-refractivity contribution in [1.82, 2.24) is 14.9 Å². The second-order valence-corrected chi connectivity index (χ2v) is 13.7. The van der Waals surface area contributed by atoms with E-state index in [0.717, 1.165) is 61.7 Å². The van der Waals surface area contributed by atoms with Crippen LogP contribution in [0, 0.1) is 24.2 Å². The third-order valence-electron chi connectivity index (χ3n) is 10.6. The molecule has 7 rings (SSSR count). The summed E-state index contributed by atoms with van der Waals surface area (Å²) in [6.07, 6.45) is 4.32. The zero-order valence-electron chi connectivity index (χ0n) is 29.4. The lowest BCUT2D eigenvalue weighted by atomic mass is 9.89. The Labute approximate surface area is 295 Å². The lowest BCUT2D eigenvalue weighted by Crippen LogP contribution is -2.44. The van der Waals surface area contributed by atoms with Crippen molar-refractivity contribution < 1.29 is 9.47 Å². The molecular formula is C40H46N8O2. The number of nitrogens with zero attached hydrogens (tertiary/aromatic N) is 8. The predicted octanol–water partition coefficient (Wildman–Crippen LogP) is 6.47. The maximum Gasteiger partial charge on any atom is 0.318 e. The van der Waals surface area contributed by atoms with Crippen molar-refractivity contribution in [1.29, 1.82) is 5.26 Å². The van der Waals surface area contributed by atoms with Crippen LogP contribution in [0.4, 0.5) is 11.5 Å². The van der Waals surface area contributed by atoms with Crippen LogP contribution in [0.1, 0.15) is 48.1 Å². The van der Waals surface area contributed by atoms with E-state index in [2.05, 4.69) is 82.1 Å². The number of methoxy groups -OCH3 is 1. The van der Waals surface area contributed by atoms with Crippen LogP contribution in [0.2, 0.25) is 0 Å². The number of benzene rings is 3. The maximum atomic E-state index is 9.81. The lowest BCUT2D eigenvalue weighted by Gasteiger charge is -2.39. The first-order valence-electron chi connectivity index (χ1n) is 17.8. The quantitative estimate of drug-likeness (QED) is 0.177. The van der Waals surface area contributed by atoms with E-state index in [1.165, 1.54) is 34.0 Å². The van der Waals surface area contributed by atoms with Crippen molar-refractivity contribution in [2.45, 2.75) is 64.2 Å². The molecule has 3 aliphatic rings. The zero-order valence-corrected chi connectivity index (χ0v) is 29.4. The molecule has 258 valence electrons. The number of likely N-dealkylation sites (N-methyl/N-ethyl adjacent to an activating group) is 1. The normalized spacial score (nSPS) is 20.6. The molecule has 1 unspecified atom stereocenters. The van der Waals surface area contributed by atoms with Crippen molar-refractivity contribution in [3.63, 3.8) is 0 Å². The van der Waals surface area contributed by atoms with Gasteiger partial charge in [0.25, 0.3) is 0 Å². The number of rotatable bonds is 10. The van der Waals surface area contributed by atoms with Gasteiger partial charge in [0, 0.05) is 60.2 Å². The fraction of sp³-hybridized carbons (Fsp3) is 0.450. The fourth-order valence-corrected chi connectivity index (χ4v) is 7.82. The first-order chi connectivity index (χ1) is 24.5. The Hall–Kier alpha value is -4.97. The largest absolute Gasteiger partial charge is 0.496 e. The molecule has 10 heteroatoms. The number of hydrogen-bond acceptors (Lipinski definition) is 10. The molecule has 0 aliphatic carbocycles. The Morgan fingerprint density at radius 1 is 0.980 bits per heavy atom. The van der Waals surface area contributed by atoms with Gasteiger partial charge in [-0.25, -0.2) is 9.98 Å². The summed E-state index contributed by atoms with van der Waals surface area (Å²) >= 11 is 0. The molecule has 4 aromatic rings. The minimum atomic E-state index is -0.0382. The van der Waals surface area contributed by atoms with Crippen LogP contribution < -0.4 is 19.3 Å². The Balaban J connectivity index is 1.15. The number of hydrogen-bond donors (Lipinski definition) is 0. The van der Waals surface area contributed by atoms with E-state index >= 15 is 0 Å². The fourth-order valence-electron chi connectivity index (χ4n) is 7.82. The van der Waals surface area contributed by atoms with Gasteiger partial charge in [-0.05, 0) is 69.3 Å². The van der Waals surface area contributed by atoms with Crippen LogP contribution in [0.25, 0.3) is 10.8 Å². The van der Waals surface area contributed by atoms with Gasteiger partial charge in [-0.2, -0.15) is 15.2 Å². The maximum absolute atomic E-state index is 9.81. The van der Waals surface area contributed by atoms with Crippen LogP contribution in [-0.4, -0.2) is 79.9 Å². The third kappa shape index (κ3) is 7.16. The molecule has 0 amide bonds. The van der Waals surface area contributed by atoms with Gasteiger partial charge in [-0.3, -0.25) is 0 Å². The molecule has 0 bridgehead atoms. The molecule has 2 fully saturated rings. The van der Waals surface area contributed by atoms with Gasteiger partial charge in [-0.15, -0.1) is 0 Å². The molecule has 50 heavy (non-hydrogen) atoms. The highest BCUT2D eigenvalue weighted by Gasteiger charge is 2.33. The highest BCUT2D eigenvalue weighted by Crippen LogP contribution is 2.37. The van der Waals surface area contributed by atoms with Crippen molar-refractivity contribution in [3.8, 4) is 17.8 Å². The molecule has 3 aliphatic heterocycles. The van der Waals surface area contributed by atoms with E-state index in [0.29, 0.717) is 44.7 Å². The number of piperidine rings is 1.